The number of hydrogen-bond acceptors (Lipinski definition) is 5. The van der Waals surface area contributed by atoms with E-state index in [1.807, 2.05) is 6.07 Å². The third-order valence-electron chi connectivity index (χ3n) is 2.57. The summed E-state index contributed by atoms with van der Waals surface area (Å²) in [7, 11) is 0. The number of ether oxygens (including phenoxy) is 1. The summed E-state index contributed by atoms with van der Waals surface area (Å²) in [6, 6.07) is 7.07. The van der Waals surface area contributed by atoms with Gasteiger partial charge >= 0.3 is 0 Å². The lowest BCUT2D eigenvalue weighted by atomic mass is 10.2. The Morgan fingerprint density at radius 3 is 2.85 bits per heavy atom. The van der Waals surface area contributed by atoms with Crippen LogP contribution < -0.4 is 4.74 Å². The topological polar surface area (TPSA) is 52.1 Å². The molecule has 0 bridgehead atoms. The SMILES string of the molecule is O=Cc1sc(Oc2ccc(Cl)c3cccnc23)nc1Cl. The molecule has 100 valence electrons. The van der Waals surface area contributed by atoms with Gasteiger partial charge in [0.05, 0.1) is 5.02 Å². The number of aldehydes is 1. The van der Waals surface area contributed by atoms with Crippen molar-refractivity contribution >= 4 is 51.7 Å². The summed E-state index contributed by atoms with van der Waals surface area (Å²) < 4.78 is 5.65. The molecule has 0 unspecified atom stereocenters. The Bertz CT molecular complexity index is 804. The zero-order valence-corrected chi connectivity index (χ0v) is 12.2. The van der Waals surface area contributed by atoms with Gasteiger partial charge in [0.1, 0.15) is 10.4 Å². The van der Waals surface area contributed by atoms with Crippen LogP contribution in [0.25, 0.3) is 10.9 Å². The minimum absolute atomic E-state index is 0.131. The fourth-order valence-electron chi connectivity index (χ4n) is 1.70. The highest BCUT2D eigenvalue weighted by Crippen LogP contribution is 2.35. The first kappa shape index (κ1) is 13.3. The van der Waals surface area contributed by atoms with Gasteiger partial charge in [-0.05, 0) is 24.3 Å². The molecule has 4 nitrogen and oxygen atoms in total. The van der Waals surface area contributed by atoms with Gasteiger partial charge in [-0.1, -0.05) is 34.5 Å². The summed E-state index contributed by atoms with van der Waals surface area (Å²) in [5, 5.41) is 1.79. The molecule has 2 heterocycles. The minimum Gasteiger partial charge on any atom is -0.429 e. The van der Waals surface area contributed by atoms with Crippen LogP contribution in [0.5, 0.6) is 10.9 Å². The van der Waals surface area contributed by atoms with Crippen LogP contribution in [0.4, 0.5) is 0 Å². The smallest absolute Gasteiger partial charge is 0.280 e. The molecule has 0 atom stereocenters. The van der Waals surface area contributed by atoms with E-state index in [1.54, 1.807) is 24.4 Å². The molecule has 0 aliphatic heterocycles. The second-order valence-corrected chi connectivity index (χ2v) is 5.56. The van der Waals surface area contributed by atoms with Gasteiger partial charge in [0.2, 0.25) is 0 Å². The number of nitrogens with zero attached hydrogens (tertiary/aromatic N) is 2. The van der Waals surface area contributed by atoms with Crippen LogP contribution in [0.1, 0.15) is 9.67 Å². The Hall–Kier alpha value is -1.69. The molecule has 3 rings (SSSR count). The van der Waals surface area contributed by atoms with Crippen molar-refractivity contribution < 1.29 is 9.53 Å². The van der Waals surface area contributed by atoms with Crippen LogP contribution in [0.2, 0.25) is 10.2 Å². The van der Waals surface area contributed by atoms with E-state index in [0.29, 0.717) is 27.5 Å². The maximum absolute atomic E-state index is 10.8. The second-order valence-electron chi connectivity index (χ2n) is 3.80. The number of fused-ring (bicyclic) bond motifs is 1. The van der Waals surface area contributed by atoms with Gasteiger partial charge < -0.3 is 4.74 Å². The minimum atomic E-state index is 0.131. The molecule has 0 spiro atoms. The van der Waals surface area contributed by atoms with Crippen LogP contribution in [0, 0.1) is 0 Å². The Balaban J connectivity index is 2.06. The fourth-order valence-corrected chi connectivity index (χ4v) is 2.84. The average Bonchev–Trinajstić information content (AvgIpc) is 2.82. The van der Waals surface area contributed by atoms with Gasteiger partial charge in [0.15, 0.2) is 17.2 Å². The average molecular weight is 325 g/mol. The summed E-state index contributed by atoms with van der Waals surface area (Å²) in [4.78, 5) is 19.3. The molecular formula is C13H6Cl2N2O2S. The Kier molecular flexibility index (Phi) is 3.56. The van der Waals surface area contributed by atoms with Crippen molar-refractivity contribution in [3.63, 3.8) is 0 Å². The monoisotopic (exact) mass is 324 g/mol. The zero-order valence-electron chi connectivity index (χ0n) is 9.84. The van der Waals surface area contributed by atoms with Crippen molar-refractivity contribution in [2.45, 2.75) is 0 Å². The highest BCUT2D eigenvalue weighted by molar-refractivity contribution is 7.15. The normalized spacial score (nSPS) is 10.7. The first-order valence-electron chi connectivity index (χ1n) is 5.51. The number of halogens is 2. The first-order chi connectivity index (χ1) is 9.69. The molecule has 0 aliphatic rings. The number of hydrogen-bond donors (Lipinski definition) is 0. The van der Waals surface area contributed by atoms with Crippen LogP contribution in [-0.4, -0.2) is 16.3 Å². The lowest BCUT2D eigenvalue weighted by Crippen LogP contribution is -1.87. The van der Waals surface area contributed by atoms with E-state index in [2.05, 4.69) is 9.97 Å². The van der Waals surface area contributed by atoms with E-state index in [0.717, 1.165) is 16.7 Å². The van der Waals surface area contributed by atoms with Gasteiger partial charge in [-0.3, -0.25) is 9.78 Å². The Labute approximate surface area is 127 Å². The molecule has 0 saturated heterocycles. The molecule has 3 aromatic rings. The Morgan fingerprint density at radius 1 is 1.25 bits per heavy atom. The van der Waals surface area contributed by atoms with E-state index in [-0.39, 0.29) is 10.3 Å². The van der Waals surface area contributed by atoms with Crippen molar-refractivity contribution in [1.29, 1.82) is 0 Å². The molecule has 0 aliphatic carbocycles. The molecule has 2 aromatic heterocycles. The van der Waals surface area contributed by atoms with Crippen LogP contribution in [0.15, 0.2) is 30.5 Å². The highest BCUT2D eigenvalue weighted by Gasteiger charge is 2.13. The largest absolute Gasteiger partial charge is 0.429 e. The van der Waals surface area contributed by atoms with Gasteiger partial charge in [0.25, 0.3) is 5.19 Å². The maximum atomic E-state index is 10.8. The highest BCUT2D eigenvalue weighted by atomic mass is 35.5. The van der Waals surface area contributed by atoms with Crippen molar-refractivity contribution in [3.05, 3.63) is 45.5 Å². The molecule has 1 aromatic carbocycles. The quantitative estimate of drug-likeness (QED) is 0.660. The summed E-state index contributed by atoms with van der Waals surface area (Å²) in [5.41, 5.74) is 0.624. The summed E-state index contributed by atoms with van der Waals surface area (Å²) >= 11 is 13.0. The maximum Gasteiger partial charge on any atom is 0.280 e. The molecule has 0 N–H and O–H groups in total. The first-order valence-corrected chi connectivity index (χ1v) is 7.09. The molecule has 20 heavy (non-hydrogen) atoms. The number of carbonyl (C=O) groups excluding carboxylic acids is 1. The predicted octanol–water partition coefficient (Wildman–Crippen LogP) is 4.60. The molecule has 7 heteroatoms. The van der Waals surface area contributed by atoms with Crippen molar-refractivity contribution in [1.82, 2.24) is 9.97 Å². The number of benzene rings is 1. The standard InChI is InChI=1S/C13H6Cl2N2O2S/c14-8-3-4-9(11-7(8)2-1-5-16-11)19-13-17-12(15)10(6-18)20-13/h1-6H. The number of thiazole rings is 1. The number of carbonyl (C=O) groups is 1. The predicted molar refractivity (Wildman–Crippen MR) is 79.3 cm³/mol. The second kappa shape index (κ2) is 5.36. The van der Waals surface area contributed by atoms with E-state index >= 15 is 0 Å². The van der Waals surface area contributed by atoms with Gasteiger partial charge in [-0.25, -0.2) is 0 Å². The van der Waals surface area contributed by atoms with Gasteiger partial charge in [-0.2, -0.15) is 4.98 Å². The molecular weight excluding hydrogens is 319 g/mol. The lowest BCUT2D eigenvalue weighted by Gasteiger charge is -2.06. The summed E-state index contributed by atoms with van der Waals surface area (Å²) in [5.74, 6) is 0.507. The van der Waals surface area contributed by atoms with Gasteiger partial charge in [0, 0.05) is 11.6 Å². The van der Waals surface area contributed by atoms with E-state index in [4.69, 9.17) is 27.9 Å². The fraction of sp³-hybridized carbons (Fsp3) is 0. The number of rotatable bonds is 3. The van der Waals surface area contributed by atoms with E-state index < -0.39 is 0 Å². The number of pyridine rings is 1. The van der Waals surface area contributed by atoms with E-state index in [1.165, 1.54) is 0 Å². The third-order valence-corrected chi connectivity index (χ3v) is 4.16. The molecule has 0 fully saturated rings. The zero-order chi connectivity index (χ0) is 14.1. The van der Waals surface area contributed by atoms with E-state index in [9.17, 15) is 4.79 Å². The third kappa shape index (κ3) is 2.35. The lowest BCUT2D eigenvalue weighted by molar-refractivity contribution is 0.112. The van der Waals surface area contributed by atoms with Crippen LogP contribution in [-0.2, 0) is 0 Å². The number of aromatic nitrogens is 2. The molecule has 0 saturated carbocycles. The Morgan fingerprint density at radius 2 is 2.10 bits per heavy atom. The van der Waals surface area contributed by atoms with Crippen molar-refractivity contribution in [2.24, 2.45) is 0 Å². The summed E-state index contributed by atoms with van der Waals surface area (Å²) in [6.45, 7) is 0. The molecule has 0 amide bonds. The van der Waals surface area contributed by atoms with Crippen molar-refractivity contribution in [3.8, 4) is 10.9 Å². The van der Waals surface area contributed by atoms with Crippen molar-refractivity contribution in [2.75, 3.05) is 0 Å². The van der Waals surface area contributed by atoms with Crippen LogP contribution in [0.3, 0.4) is 0 Å². The summed E-state index contributed by atoms with van der Waals surface area (Å²) in [6.07, 6.45) is 2.29. The van der Waals surface area contributed by atoms with Crippen LogP contribution >= 0.6 is 34.5 Å². The van der Waals surface area contributed by atoms with Gasteiger partial charge in [-0.15, -0.1) is 0 Å². The molecule has 0 radical (unpaired) electrons.